The molecule has 0 bridgehead atoms. The molecule has 5 heteroatoms. The summed E-state index contributed by atoms with van der Waals surface area (Å²) in [6.45, 7) is 7.13. The van der Waals surface area contributed by atoms with E-state index in [2.05, 4.69) is 12.1 Å². The zero-order chi connectivity index (χ0) is 20.4. The van der Waals surface area contributed by atoms with Gasteiger partial charge in [-0.15, -0.1) is 0 Å². The van der Waals surface area contributed by atoms with E-state index in [4.69, 9.17) is 4.42 Å². The molecule has 0 N–H and O–H groups in total. The SMILES string of the molecule is CCCC(=O)N(CC(=O)N(CCc1ccccc1)Cc1ccco1)C(C)CC. The molecule has 0 spiro atoms. The molecular weight excluding hydrogens is 352 g/mol. The lowest BCUT2D eigenvalue weighted by atomic mass is 10.1. The Bertz CT molecular complexity index is 713. The fourth-order valence-electron chi connectivity index (χ4n) is 3.10. The minimum absolute atomic E-state index is 0.0441. The first-order valence-corrected chi connectivity index (χ1v) is 10.2. The summed E-state index contributed by atoms with van der Waals surface area (Å²) >= 11 is 0. The van der Waals surface area contributed by atoms with E-state index in [1.165, 1.54) is 5.56 Å². The number of furan rings is 1. The highest BCUT2D eigenvalue weighted by Gasteiger charge is 2.24. The van der Waals surface area contributed by atoms with E-state index in [0.29, 0.717) is 19.5 Å². The van der Waals surface area contributed by atoms with Crippen LogP contribution in [0.4, 0.5) is 0 Å². The van der Waals surface area contributed by atoms with Crippen LogP contribution in [0, 0.1) is 0 Å². The first-order valence-electron chi connectivity index (χ1n) is 10.2. The smallest absolute Gasteiger partial charge is 0.242 e. The number of carbonyl (C=O) groups excluding carboxylic acids is 2. The molecule has 2 amide bonds. The van der Waals surface area contributed by atoms with Crippen LogP contribution in [0.2, 0.25) is 0 Å². The van der Waals surface area contributed by atoms with Gasteiger partial charge in [0.25, 0.3) is 0 Å². The van der Waals surface area contributed by atoms with Gasteiger partial charge in [0.15, 0.2) is 0 Å². The van der Waals surface area contributed by atoms with E-state index in [0.717, 1.165) is 25.0 Å². The van der Waals surface area contributed by atoms with Crippen molar-refractivity contribution in [1.29, 1.82) is 0 Å². The first-order chi connectivity index (χ1) is 13.5. The third-order valence-corrected chi connectivity index (χ3v) is 5.01. The number of rotatable bonds is 11. The summed E-state index contributed by atoms with van der Waals surface area (Å²) in [5, 5.41) is 0. The summed E-state index contributed by atoms with van der Waals surface area (Å²) in [5.74, 6) is 0.750. The van der Waals surface area contributed by atoms with Crippen LogP contribution >= 0.6 is 0 Å². The monoisotopic (exact) mass is 384 g/mol. The van der Waals surface area contributed by atoms with Crippen molar-refractivity contribution in [3.8, 4) is 0 Å². The highest BCUT2D eigenvalue weighted by Crippen LogP contribution is 2.12. The fraction of sp³-hybridized carbons (Fsp3) is 0.478. The van der Waals surface area contributed by atoms with Crippen LogP contribution in [0.15, 0.2) is 53.1 Å². The fourth-order valence-corrected chi connectivity index (χ4v) is 3.10. The van der Waals surface area contributed by atoms with Crippen molar-refractivity contribution in [3.63, 3.8) is 0 Å². The molecule has 0 radical (unpaired) electrons. The van der Waals surface area contributed by atoms with Crippen LogP contribution in [-0.2, 0) is 22.6 Å². The van der Waals surface area contributed by atoms with Crippen molar-refractivity contribution in [2.24, 2.45) is 0 Å². The Morgan fingerprint density at radius 2 is 1.79 bits per heavy atom. The molecule has 152 valence electrons. The van der Waals surface area contributed by atoms with Crippen LogP contribution in [-0.4, -0.2) is 40.7 Å². The maximum Gasteiger partial charge on any atom is 0.242 e. The number of carbonyl (C=O) groups is 2. The number of hydrogen-bond donors (Lipinski definition) is 0. The van der Waals surface area contributed by atoms with E-state index >= 15 is 0 Å². The maximum atomic E-state index is 13.1. The van der Waals surface area contributed by atoms with Gasteiger partial charge >= 0.3 is 0 Å². The first kappa shape index (κ1) is 21.7. The molecule has 1 atom stereocenters. The highest BCUT2D eigenvalue weighted by molar-refractivity contribution is 5.85. The molecule has 28 heavy (non-hydrogen) atoms. The second-order valence-corrected chi connectivity index (χ2v) is 7.16. The Labute approximate surface area is 168 Å². The third kappa shape index (κ3) is 6.55. The Balaban J connectivity index is 2.10. The second kappa shape index (κ2) is 11.3. The van der Waals surface area contributed by atoms with Crippen molar-refractivity contribution in [2.75, 3.05) is 13.1 Å². The summed E-state index contributed by atoms with van der Waals surface area (Å²) in [6.07, 6.45) is 4.46. The quantitative estimate of drug-likeness (QED) is 0.581. The molecule has 0 aliphatic rings. The topological polar surface area (TPSA) is 53.8 Å². The summed E-state index contributed by atoms with van der Waals surface area (Å²) in [6, 6.07) is 13.9. The average molecular weight is 385 g/mol. The van der Waals surface area contributed by atoms with Crippen LogP contribution in [0.25, 0.3) is 0 Å². The minimum Gasteiger partial charge on any atom is -0.467 e. The van der Waals surface area contributed by atoms with E-state index in [9.17, 15) is 9.59 Å². The molecule has 1 aromatic heterocycles. The molecule has 2 rings (SSSR count). The zero-order valence-electron chi connectivity index (χ0n) is 17.3. The number of benzene rings is 1. The highest BCUT2D eigenvalue weighted by atomic mass is 16.3. The third-order valence-electron chi connectivity index (χ3n) is 5.01. The molecule has 0 aliphatic carbocycles. The lowest BCUT2D eigenvalue weighted by molar-refractivity contribution is -0.142. The van der Waals surface area contributed by atoms with Gasteiger partial charge in [-0.3, -0.25) is 9.59 Å². The number of amides is 2. The number of hydrogen-bond acceptors (Lipinski definition) is 3. The Morgan fingerprint density at radius 3 is 2.39 bits per heavy atom. The summed E-state index contributed by atoms with van der Waals surface area (Å²) in [7, 11) is 0. The predicted molar refractivity (Wildman–Crippen MR) is 111 cm³/mol. The molecule has 1 aromatic carbocycles. The molecule has 5 nitrogen and oxygen atoms in total. The van der Waals surface area contributed by atoms with Crippen molar-refractivity contribution in [1.82, 2.24) is 9.80 Å². The van der Waals surface area contributed by atoms with Crippen molar-refractivity contribution in [2.45, 2.75) is 59.0 Å². The van der Waals surface area contributed by atoms with Crippen molar-refractivity contribution in [3.05, 3.63) is 60.1 Å². The van der Waals surface area contributed by atoms with Gasteiger partial charge in [0.05, 0.1) is 12.8 Å². The van der Waals surface area contributed by atoms with E-state index in [1.54, 1.807) is 16.1 Å². The van der Waals surface area contributed by atoms with Gasteiger partial charge in [-0.2, -0.15) is 0 Å². The maximum absolute atomic E-state index is 13.1. The molecule has 2 aromatic rings. The van der Waals surface area contributed by atoms with E-state index in [1.807, 2.05) is 51.1 Å². The van der Waals surface area contributed by atoms with Crippen molar-refractivity contribution < 1.29 is 14.0 Å². The summed E-state index contributed by atoms with van der Waals surface area (Å²) in [5.41, 5.74) is 1.18. The van der Waals surface area contributed by atoms with E-state index < -0.39 is 0 Å². The van der Waals surface area contributed by atoms with Crippen LogP contribution in [0.1, 0.15) is 51.4 Å². The summed E-state index contributed by atoms with van der Waals surface area (Å²) in [4.78, 5) is 29.2. The lowest BCUT2D eigenvalue weighted by Crippen LogP contribution is -2.46. The standard InChI is InChI=1S/C23H32N2O3/c1-4-10-22(26)25(19(3)5-2)18-23(27)24(17-21-13-9-16-28-21)15-14-20-11-7-6-8-12-20/h6-9,11-13,16,19H,4-5,10,14-15,17-18H2,1-3H3. The van der Waals surface area contributed by atoms with Crippen molar-refractivity contribution >= 4 is 11.8 Å². The van der Waals surface area contributed by atoms with Gasteiger partial charge in [-0.05, 0) is 43.9 Å². The summed E-state index contributed by atoms with van der Waals surface area (Å²) < 4.78 is 5.45. The largest absolute Gasteiger partial charge is 0.467 e. The molecule has 1 unspecified atom stereocenters. The van der Waals surface area contributed by atoms with Crippen LogP contribution < -0.4 is 0 Å². The van der Waals surface area contributed by atoms with Crippen LogP contribution in [0.5, 0.6) is 0 Å². The molecule has 0 aliphatic heterocycles. The van der Waals surface area contributed by atoms with Gasteiger partial charge in [-0.1, -0.05) is 44.2 Å². The Morgan fingerprint density at radius 1 is 1.04 bits per heavy atom. The molecular formula is C23H32N2O3. The lowest BCUT2D eigenvalue weighted by Gasteiger charge is -2.31. The predicted octanol–water partition coefficient (Wildman–Crippen LogP) is 4.28. The van der Waals surface area contributed by atoms with Gasteiger partial charge < -0.3 is 14.2 Å². The Hall–Kier alpha value is -2.56. The zero-order valence-corrected chi connectivity index (χ0v) is 17.3. The minimum atomic E-state index is -0.0444. The molecule has 1 heterocycles. The second-order valence-electron chi connectivity index (χ2n) is 7.16. The van der Waals surface area contributed by atoms with Gasteiger partial charge in [0.1, 0.15) is 12.3 Å². The van der Waals surface area contributed by atoms with Crippen LogP contribution in [0.3, 0.4) is 0 Å². The normalized spacial score (nSPS) is 11.8. The van der Waals surface area contributed by atoms with Gasteiger partial charge in [-0.25, -0.2) is 0 Å². The average Bonchev–Trinajstić information content (AvgIpc) is 3.22. The van der Waals surface area contributed by atoms with Gasteiger partial charge in [0, 0.05) is 19.0 Å². The number of nitrogens with zero attached hydrogens (tertiary/aromatic N) is 2. The Kier molecular flexibility index (Phi) is 8.79. The van der Waals surface area contributed by atoms with E-state index in [-0.39, 0.29) is 24.4 Å². The van der Waals surface area contributed by atoms with Gasteiger partial charge in [0.2, 0.25) is 11.8 Å². The molecule has 0 saturated heterocycles. The molecule has 0 saturated carbocycles. The molecule has 0 fully saturated rings.